The van der Waals surface area contributed by atoms with Gasteiger partial charge in [-0.1, -0.05) is 6.92 Å². The van der Waals surface area contributed by atoms with Crippen molar-refractivity contribution in [2.75, 3.05) is 18.6 Å². The first kappa shape index (κ1) is 13.0. The smallest absolute Gasteiger partial charge is 0.340 e. The lowest BCUT2D eigenvalue weighted by Gasteiger charge is -2.14. The van der Waals surface area contributed by atoms with Crippen LogP contribution in [0.4, 0.5) is 5.00 Å². The number of aliphatic hydroxyl groups excluding tert-OH is 1. The SMILES string of the molecule is CCc1cc(C(=O)OC)c(N2CC(O)CC2=O)s1. The average Bonchev–Trinajstić information content (AvgIpc) is 2.91. The molecule has 1 amide bonds. The first-order chi connectivity index (χ1) is 8.56. The maximum Gasteiger partial charge on any atom is 0.340 e. The van der Waals surface area contributed by atoms with Crippen LogP contribution >= 0.6 is 11.3 Å². The summed E-state index contributed by atoms with van der Waals surface area (Å²) in [6.45, 7) is 2.23. The van der Waals surface area contributed by atoms with Crippen LogP contribution in [0.3, 0.4) is 0 Å². The van der Waals surface area contributed by atoms with Crippen LogP contribution in [0.1, 0.15) is 28.6 Å². The molecular formula is C12H15NO4S. The van der Waals surface area contributed by atoms with Crippen LogP contribution in [0.25, 0.3) is 0 Å². The molecule has 1 aromatic heterocycles. The molecule has 1 N–H and O–H groups in total. The number of aryl methyl sites for hydroxylation is 1. The van der Waals surface area contributed by atoms with Crippen LogP contribution in [-0.4, -0.2) is 36.7 Å². The third kappa shape index (κ3) is 2.26. The lowest BCUT2D eigenvalue weighted by atomic mass is 10.2. The third-order valence-electron chi connectivity index (χ3n) is 2.87. The van der Waals surface area contributed by atoms with E-state index in [9.17, 15) is 14.7 Å². The zero-order chi connectivity index (χ0) is 13.3. The van der Waals surface area contributed by atoms with Gasteiger partial charge in [-0.3, -0.25) is 4.79 Å². The summed E-state index contributed by atoms with van der Waals surface area (Å²) in [6.07, 6.45) is 0.245. The number of ether oxygens (including phenoxy) is 1. The van der Waals surface area contributed by atoms with Gasteiger partial charge in [0.25, 0.3) is 0 Å². The van der Waals surface area contributed by atoms with E-state index in [2.05, 4.69) is 0 Å². The third-order valence-corrected chi connectivity index (χ3v) is 4.17. The van der Waals surface area contributed by atoms with Crippen molar-refractivity contribution in [3.8, 4) is 0 Å². The topological polar surface area (TPSA) is 66.8 Å². The highest BCUT2D eigenvalue weighted by molar-refractivity contribution is 7.16. The van der Waals surface area contributed by atoms with Crippen molar-refractivity contribution in [2.24, 2.45) is 0 Å². The number of rotatable bonds is 3. The largest absolute Gasteiger partial charge is 0.465 e. The van der Waals surface area contributed by atoms with Crippen molar-refractivity contribution in [3.63, 3.8) is 0 Å². The summed E-state index contributed by atoms with van der Waals surface area (Å²) in [7, 11) is 1.32. The number of nitrogens with zero attached hydrogens (tertiary/aromatic N) is 1. The second-order valence-electron chi connectivity index (χ2n) is 4.14. The number of amides is 1. The summed E-state index contributed by atoms with van der Waals surface area (Å²) in [6, 6.07) is 1.75. The van der Waals surface area contributed by atoms with Gasteiger partial charge in [0.05, 0.1) is 31.7 Å². The molecule has 2 rings (SSSR count). The number of carbonyl (C=O) groups is 2. The first-order valence-electron chi connectivity index (χ1n) is 5.76. The van der Waals surface area contributed by atoms with Crippen molar-refractivity contribution >= 4 is 28.2 Å². The highest BCUT2D eigenvalue weighted by Crippen LogP contribution is 2.35. The molecule has 1 aliphatic rings. The minimum absolute atomic E-state index is 0.111. The van der Waals surface area contributed by atoms with E-state index in [0.29, 0.717) is 10.6 Å². The van der Waals surface area contributed by atoms with Gasteiger partial charge in [0, 0.05) is 4.88 Å². The number of hydrogen-bond donors (Lipinski definition) is 1. The van der Waals surface area contributed by atoms with Crippen LogP contribution in [0.15, 0.2) is 6.07 Å². The molecule has 18 heavy (non-hydrogen) atoms. The molecule has 1 aromatic rings. The lowest BCUT2D eigenvalue weighted by molar-refractivity contribution is -0.117. The highest BCUT2D eigenvalue weighted by Gasteiger charge is 2.33. The Bertz CT molecular complexity index is 482. The molecule has 0 spiro atoms. The van der Waals surface area contributed by atoms with Gasteiger partial charge in [0.1, 0.15) is 5.00 Å². The van der Waals surface area contributed by atoms with Crippen molar-refractivity contribution in [1.82, 2.24) is 0 Å². The van der Waals surface area contributed by atoms with E-state index in [-0.39, 0.29) is 18.9 Å². The van der Waals surface area contributed by atoms with Gasteiger partial charge in [-0.15, -0.1) is 11.3 Å². The molecule has 5 nitrogen and oxygen atoms in total. The van der Waals surface area contributed by atoms with Gasteiger partial charge in [-0.2, -0.15) is 0 Å². The summed E-state index contributed by atoms with van der Waals surface area (Å²) < 4.78 is 4.72. The molecule has 0 bridgehead atoms. The highest BCUT2D eigenvalue weighted by atomic mass is 32.1. The Hall–Kier alpha value is -1.40. The van der Waals surface area contributed by atoms with E-state index in [0.717, 1.165) is 11.3 Å². The van der Waals surface area contributed by atoms with Crippen molar-refractivity contribution in [2.45, 2.75) is 25.9 Å². The molecule has 1 saturated heterocycles. The standard InChI is InChI=1S/C12H15NO4S/c1-3-8-5-9(12(16)17-2)11(18-8)13-6-7(14)4-10(13)15/h5,7,14H,3-4,6H2,1-2H3. The normalized spacial score (nSPS) is 19.4. The zero-order valence-corrected chi connectivity index (χ0v) is 11.1. The molecule has 1 aliphatic heterocycles. The van der Waals surface area contributed by atoms with E-state index < -0.39 is 12.1 Å². The van der Waals surface area contributed by atoms with E-state index >= 15 is 0 Å². The molecule has 2 heterocycles. The fraction of sp³-hybridized carbons (Fsp3) is 0.500. The second-order valence-corrected chi connectivity index (χ2v) is 5.25. The fourth-order valence-corrected chi connectivity index (χ4v) is 3.06. The van der Waals surface area contributed by atoms with E-state index in [1.807, 2.05) is 6.92 Å². The Morgan fingerprint density at radius 3 is 2.89 bits per heavy atom. The number of aliphatic hydroxyl groups is 1. The number of carbonyl (C=O) groups excluding carboxylic acids is 2. The summed E-state index contributed by atoms with van der Waals surface area (Å²) in [5.41, 5.74) is 0.404. The molecule has 0 aliphatic carbocycles. The van der Waals surface area contributed by atoms with Crippen LogP contribution in [0, 0.1) is 0 Å². The molecule has 0 saturated carbocycles. The van der Waals surface area contributed by atoms with Gasteiger partial charge < -0.3 is 14.7 Å². The molecule has 0 radical (unpaired) electrons. The van der Waals surface area contributed by atoms with Crippen molar-refractivity contribution < 1.29 is 19.4 Å². The molecule has 6 heteroatoms. The number of β-amino-alcohol motifs (C(OH)–C–C–N with tert-alkyl or cyclic N) is 1. The summed E-state index contributed by atoms with van der Waals surface area (Å²) in [5, 5.41) is 10.1. The van der Waals surface area contributed by atoms with Gasteiger partial charge in [0.2, 0.25) is 5.91 Å². The summed E-state index contributed by atoms with van der Waals surface area (Å²) in [5.74, 6) is -0.604. The first-order valence-corrected chi connectivity index (χ1v) is 6.58. The minimum Gasteiger partial charge on any atom is -0.465 e. The summed E-state index contributed by atoms with van der Waals surface area (Å²) >= 11 is 1.40. The van der Waals surface area contributed by atoms with Gasteiger partial charge in [0.15, 0.2) is 0 Å². The molecular weight excluding hydrogens is 254 g/mol. The second kappa shape index (κ2) is 5.07. The van der Waals surface area contributed by atoms with Crippen LogP contribution in [0.2, 0.25) is 0 Å². The molecule has 1 unspecified atom stereocenters. The number of thiophene rings is 1. The Morgan fingerprint density at radius 1 is 1.67 bits per heavy atom. The number of methoxy groups -OCH3 is 1. The van der Waals surface area contributed by atoms with Gasteiger partial charge >= 0.3 is 5.97 Å². The number of esters is 1. The predicted molar refractivity (Wildman–Crippen MR) is 68.0 cm³/mol. The average molecular weight is 269 g/mol. The van der Waals surface area contributed by atoms with E-state index in [4.69, 9.17) is 4.74 Å². The zero-order valence-electron chi connectivity index (χ0n) is 10.3. The Morgan fingerprint density at radius 2 is 2.39 bits per heavy atom. The predicted octanol–water partition coefficient (Wildman–Crippen LogP) is 1.19. The Kier molecular flexibility index (Phi) is 3.68. The van der Waals surface area contributed by atoms with Crippen molar-refractivity contribution in [1.29, 1.82) is 0 Å². The molecule has 1 fully saturated rings. The maximum absolute atomic E-state index is 11.8. The molecule has 1 atom stereocenters. The molecule has 98 valence electrons. The summed E-state index contributed by atoms with van der Waals surface area (Å²) in [4.78, 5) is 25.9. The quantitative estimate of drug-likeness (QED) is 0.837. The van der Waals surface area contributed by atoms with E-state index in [1.165, 1.54) is 23.3 Å². The van der Waals surface area contributed by atoms with Crippen LogP contribution in [0.5, 0.6) is 0 Å². The number of anilines is 1. The lowest BCUT2D eigenvalue weighted by Crippen LogP contribution is -2.26. The fourth-order valence-electron chi connectivity index (χ4n) is 1.95. The minimum atomic E-state index is -0.657. The maximum atomic E-state index is 11.8. The van der Waals surface area contributed by atoms with Crippen LogP contribution in [-0.2, 0) is 16.0 Å². The van der Waals surface area contributed by atoms with E-state index in [1.54, 1.807) is 6.07 Å². The van der Waals surface area contributed by atoms with Crippen molar-refractivity contribution in [3.05, 3.63) is 16.5 Å². The molecule has 0 aromatic carbocycles. The number of hydrogen-bond acceptors (Lipinski definition) is 5. The van der Waals surface area contributed by atoms with Crippen LogP contribution < -0.4 is 4.90 Å². The Balaban J connectivity index is 2.39. The monoisotopic (exact) mass is 269 g/mol. The van der Waals surface area contributed by atoms with Gasteiger partial charge in [-0.05, 0) is 12.5 Å². The van der Waals surface area contributed by atoms with Gasteiger partial charge in [-0.25, -0.2) is 4.79 Å². The Labute approximate surface area is 109 Å².